The lowest BCUT2D eigenvalue weighted by atomic mass is 10.1. The Morgan fingerprint density at radius 3 is 2.86 bits per heavy atom. The van der Waals surface area contributed by atoms with Crippen molar-refractivity contribution >= 4 is 0 Å². The first-order chi connectivity index (χ1) is 6.95. The van der Waals surface area contributed by atoms with Gasteiger partial charge in [0.1, 0.15) is 0 Å². The standard InChI is InChI=1S/C11H17N3/c1(10-3-5-12-6-4-10)2-11-9-13-7-8-14-11/h3-6,11,13-14H,1-2,7-9H2/t11-/m0/s1. The summed E-state index contributed by atoms with van der Waals surface area (Å²) in [7, 11) is 0. The number of aromatic nitrogens is 1. The summed E-state index contributed by atoms with van der Waals surface area (Å²) in [6.07, 6.45) is 6.07. The zero-order valence-corrected chi connectivity index (χ0v) is 8.37. The Balaban J connectivity index is 1.76. The third-order valence-electron chi connectivity index (χ3n) is 2.66. The van der Waals surface area contributed by atoms with E-state index in [0.717, 1.165) is 26.1 Å². The summed E-state index contributed by atoms with van der Waals surface area (Å²) >= 11 is 0. The summed E-state index contributed by atoms with van der Waals surface area (Å²) < 4.78 is 0. The van der Waals surface area contributed by atoms with Crippen LogP contribution in [0.1, 0.15) is 12.0 Å². The van der Waals surface area contributed by atoms with Crippen molar-refractivity contribution in [3.05, 3.63) is 30.1 Å². The Morgan fingerprint density at radius 1 is 1.29 bits per heavy atom. The van der Waals surface area contributed by atoms with Crippen LogP contribution in [0.5, 0.6) is 0 Å². The molecule has 1 saturated heterocycles. The van der Waals surface area contributed by atoms with Crippen LogP contribution in [0.2, 0.25) is 0 Å². The molecule has 2 rings (SSSR count). The summed E-state index contributed by atoms with van der Waals surface area (Å²) in [5.41, 5.74) is 1.38. The number of piperazine rings is 1. The number of pyridine rings is 1. The monoisotopic (exact) mass is 191 g/mol. The molecule has 0 amide bonds. The molecular weight excluding hydrogens is 174 g/mol. The highest BCUT2D eigenvalue weighted by Crippen LogP contribution is 2.04. The third-order valence-corrected chi connectivity index (χ3v) is 2.66. The van der Waals surface area contributed by atoms with Crippen LogP contribution in [0.25, 0.3) is 0 Å². The summed E-state index contributed by atoms with van der Waals surface area (Å²) in [5.74, 6) is 0. The average molecular weight is 191 g/mol. The number of hydrogen-bond acceptors (Lipinski definition) is 3. The molecule has 1 aromatic heterocycles. The molecule has 2 heterocycles. The smallest absolute Gasteiger partial charge is 0.0270 e. The SMILES string of the molecule is c1cc(CC[C@H]2CNCCN2)ccn1. The van der Waals surface area contributed by atoms with Crippen LogP contribution in [0, 0.1) is 0 Å². The average Bonchev–Trinajstić information content (AvgIpc) is 2.29. The number of hydrogen-bond donors (Lipinski definition) is 2. The van der Waals surface area contributed by atoms with Gasteiger partial charge in [0, 0.05) is 38.1 Å². The van der Waals surface area contributed by atoms with Crippen molar-refractivity contribution < 1.29 is 0 Å². The molecule has 1 atom stereocenters. The number of rotatable bonds is 3. The highest BCUT2D eigenvalue weighted by molar-refractivity contribution is 5.09. The molecule has 0 spiro atoms. The molecule has 3 nitrogen and oxygen atoms in total. The number of nitrogens with one attached hydrogen (secondary N) is 2. The fraction of sp³-hybridized carbons (Fsp3) is 0.545. The predicted molar refractivity (Wildman–Crippen MR) is 57.2 cm³/mol. The maximum Gasteiger partial charge on any atom is 0.0270 e. The largest absolute Gasteiger partial charge is 0.314 e. The molecule has 0 aromatic carbocycles. The van der Waals surface area contributed by atoms with Gasteiger partial charge in [-0.1, -0.05) is 0 Å². The van der Waals surface area contributed by atoms with Gasteiger partial charge in [-0.25, -0.2) is 0 Å². The minimum Gasteiger partial charge on any atom is -0.314 e. The lowest BCUT2D eigenvalue weighted by molar-refractivity contribution is 0.399. The van der Waals surface area contributed by atoms with E-state index in [1.54, 1.807) is 0 Å². The van der Waals surface area contributed by atoms with Crippen LogP contribution in [0.4, 0.5) is 0 Å². The van der Waals surface area contributed by atoms with Gasteiger partial charge >= 0.3 is 0 Å². The zero-order valence-electron chi connectivity index (χ0n) is 8.37. The quantitative estimate of drug-likeness (QED) is 0.733. The molecule has 1 aliphatic heterocycles. The van der Waals surface area contributed by atoms with Crippen molar-refractivity contribution in [2.24, 2.45) is 0 Å². The van der Waals surface area contributed by atoms with Gasteiger partial charge in [-0.2, -0.15) is 0 Å². The van der Waals surface area contributed by atoms with Crippen LogP contribution in [0.3, 0.4) is 0 Å². The second-order valence-electron chi connectivity index (χ2n) is 3.75. The van der Waals surface area contributed by atoms with Gasteiger partial charge in [0.25, 0.3) is 0 Å². The van der Waals surface area contributed by atoms with Crippen LogP contribution in [-0.4, -0.2) is 30.7 Å². The van der Waals surface area contributed by atoms with Gasteiger partial charge in [-0.15, -0.1) is 0 Å². The van der Waals surface area contributed by atoms with Crippen molar-refractivity contribution in [2.45, 2.75) is 18.9 Å². The molecule has 76 valence electrons. The molecule has 0 radical (unpaired) electrons. The Bertz CT molecular complexity index is 254. The summed E-state index contributed by atoms with van der Waals surface area (Å²) in [5, 5.41) is 6.91. The predicted octanol–water partition coefficient (Wildman–Crippen LogP) is 0.576. The van der Waals surface area contributed by atoms with E-state index in [9.17, 15) is 0 Å². The minimum absolute atomic E-state index is 0.636. The first-order valence-electron chi connectivity index (χ1n) is 5.28. The second kappa shape index (κ2) is 5.08. The van der Waals surface area contributed by atoms with E-state index >= 15 is 0 Å². The topological polar surface area (TPSA) is 37.0 Å². The van der Waals surface area contributed by atoms with Crippen LogP contribution in [0.15, 0.2) is 24.5 Å². The highest BCUT2D eigenvalue weighted by Gasteiger charge is 2.10. The number of nitrogens with zero attached hydrogens (tertiary/aromatic N) is 1. The van der Waals surface area contributed by atoms with Gasteiger partial charge in [0.2, 0.25) is 0 Å². The molecule has 1 aromatic rings. The molecular formula is C11H17N3. The van der Waals surface area contributed by atoms with Crippen molar-refractivity contribution in [2.75, 3.05) is 19.6 Å². The highest BCUT2D eigenvalue weighted by atomic mass is 15.0. The Morgan fingerprint density at radius 2 is 2.14 bits per heavy atom. The van der Waals surface area contributed by atoms with E-state index in [1.807, 2.05) is 12.4 Å². The van der Waals surface area contributed by atoms with Crippen molar-refractivity contribution in [3.63, 3.8) is 0 Å². The van der Waals surface area contributed by atoms with Gasteiger partial charge in [0.05, 0.1) is 0 Å². The Hall–Kier alpha value is -0.930. The van der Waals surface area contributed by atoms with Gasteiger partial charge < -0.3 is 10.6 Å². The minimum atomic E-state index is 0.636. The van der Waals surface area contributed by atoms with E-state index < -0.39 is 0 Å². The number of aryl methyl sites for hydroxylation is 1. The molecule has 0 aliphatic carbocycles. The summed E-state index contributed by atoms with van der Waals surface area (Å²) in [4.78, 5) is 4.01. The van der Waals surface area contributed by atoms with Crippen LogP contribution >= 0.6 is 0 Å². The van der Waals surface area contributed by atoms with E-state index in [-0.39, 0.29) is 0 Å². The van der Waals surface area contributed by atoms with Gasteiger partial charge in [-0.05, 0) is 30.5 Å². The fourth-order valence-electron chi connectivity index (χ4n) is 1.81. The van der Waals surface area contributed by atoms with E-state index in [4.69, 9.17) is 0 Å². The van der Waals surface area contributed by atoms with Crippen molar-refractivity contribution in [3.8, 4) is 0 Å². The summed E-state index contributed by atoms with van der Waals surface area (Å²) in [6.45, 7) is 3.30. The molecule has 1 fully saturated rings. The lowest BCUT2D eigenvalue weighted by Gasteiger charge is -2.24. The zero-order chi connectivity index (χ0) is 9.64. The first kappa shape index (κ1) is 9.62. The van der Waals surface area contributed by atoms with E-state index in [0.29, 0.717) is 6.04 Å². The molecule has 0 unspecified atom stereocenters. The second-order valence-corrected chi connectivity index (χ2v) is 3.75. The molecule has 0 saturated carbocycles. The first-order valence-corrected chi connectivity index (χ1v) is 5.28. The van der Waals surface area contributed by atoms with Crippen LogP contribution in [-0.2, 0) is 6.42 Å². The molecule has 2 N–H and O–H groups in total. The van der Waals surface area contributed by atoms with E-state index in [1.165, 1.54) is 12.0 Å². The van der Waals surface area contributed by atoms with Gasteiger partial charge in [0.15, 0.2) is 0 Å². The van der Waals surface area contributed by atoms with Gasteiger partial charge in [-0.3, -0.25) is 4.98 Å². The maximum atomic E-state index is 4.01. The molecule has 3 heteroatoms. The molecule has 0 bridgehead atoms. The van der Waals surface area contributed by atoms with E-state index in [2.05, 4.69) is 27.8 Å². The normalized spacial score (nSPS) is 22.1. The summed E-state index contributed by atoms with van der Waals surface area (Å²) in [6, 6.07) is 4.82. The van der Waals surface area contributed by atoms with Crippen molar-refractivity contribution in [1.29, 1.82) is 0 Å². The maximum absolute atomic E-state index is 4.01. The Kier molecular flexibility index (Phi) is 3.49. The van der Waals surface area contributed by atoms with Crippen molar-refractivity contribution in [1.82, 2.24) is 15.6 Å². The molecule has 14 heavy (non-hydrogen) atoms. The fourth-order valence-corrected chi connectivity index (χ4v) is 1.81. The lowest BCUT2D eigenvalue weighted by Crippen LogP contribution is -2.48. The third kappa shape index (κ3) is 2.79. The van der Waals surface area contributed by atoms with Crippen LogP contribution < -0.4 is 10.6 Å². The Labute approximate surface area is 84.9 Å². The molecule has 1 aliphatic rings.